The lowest BCUT2D eigenvalue weighted by Gasteiger charge is -2.41. The van der Waals surface area contributed by atoms with E-state index < -0.39 is 11.6 Å². The highest BCUT2D eigenvalue weighted by Crippen LogP contribution is 2.35. The largest absolute Gasteiger partial charge is 0.493 e. The summed E-state index contributed by atoms with van der Waals surface area (Å²) in [6.45, 7) is 2.24. The minimum atomic E-state index is -1.01. The van der Waals surface area contributed by atoms with Gasteiger partial charge in [0.15, 0.2) is 0 Å². The number of hydrogen-bond acceptors (Lipinski definition) is 7. The molecule has 0 aliphatic carbocycles. The van der Waals surface area contributed by atoms with E-state index in [-0.39, 0.29) is 18.6 Å². The number of hydrogen-bond donors (Lipinski definition) is 2. The summed E-state index contributed by atoms with van der Waals surface area (Å²) in [5.74, 6) is 0.463. The second-order valence-electron chi connectivity index (χ2n) is 9.65. The van der Waals surface area contributed by atoms with Gasteiger partial charge in [-0.2, -0.15) is 0 Å². The predicted octanol–water partition coefficient (Wildman–Crippen LogP) is 3.65. The van der Waals surface area contributed by atoms with E-state index in [0.717, 1.165) is 28.0 Å². The maximum Gasteiger partial charge on any atom is 0.329 e. The molecule has 194 valence electrons. The molecule has 2 aliphatic heterocycles. The first-order chi connectivity index (χ1) is 18.0. The van der Waals surface area contributed by atoms with Crippen LogP contribution in [0.3, 0.4) is 0 Å². The first-order valence-electron chi connectivity index (χ1n) is 12.2. The van der Waals surface area contributed by atoms with Gasteiger partial charge < -0.3 is 33.9 Å². The molecule has 8 nitrogen and oxygen atoms in total. The van der Waals surface area contributed by atoms with Gasteiger partial charge in [-0.3, -0.25) is 0 Å². The Morgan fingerprint density at radius 3 is 2.11 bits per heavy atom. The quantitative estimate of drug-likeness (QED) is 0.384. The van der Waals surface area contributed by atoms with Crippen molar-refractivity contribution in [3.05, 3.63) is 83.9 Å². The van der Waals surface area contributed by atoms with Crippen LogP contribution >= 0.6 is 0 Å². The smallest absolute Gasteiger partial charge is 0.329 e. The Hall–Kier alpha value is -3.43. The van der Waals surface area contributed by atoms with Gasteiger partial charge in [0.25, 0.3) is 0 Å². The fourth-order valence-corrected chi connectivity index (χ4v) is 4.27. The number of ether oxygens (including phenoxy) is 5. The van der Waals surface area contributed by atoms with E-state index in [1.807, 2.05) is 60.7 Å². The molecule has 2 fully saturated rings. The molecule has 0 bridgehead atoms. The highest BCUT2D eigenvalue weighted by Gasteiger charge is 2.42. The van der Waals surface area contributed by atoms with Crippen LogP contribution in [0.2, 0.25) is 0 Å². The molecule has 0 atom stereocenters. The molecule has 37 heavy (non-hydrogen) atoms. The van der Waals surface area contributed by atoms with Crippen LogP contribution in [0.1, 0.15) is 11.1 Å². The SMILES string of the molecule is O=C(O)COC1(c2ccc(OCc3cccc(-c4ccc(OCC5(CO)COC5)cc4)c3)cc2)COC1. The zero-order valence-corrected chi connectivity index (χ0v) is 20.4. The van der Waals surface area contributed by atoms with Crippen molar-refractivity contribution in [1.29, 1.82) is 0 Å². The van der Waals surface area contributed by atoms with Crippen molar-refractivity contribution < 1.29 is 38.7 Å². The predicted molar refractivity (Wildman–Crippen MR) is 135 cm³/mol. The van der Waals surface area contributed by atoms with Crippen molar-refractivity contribution in [2.24, 2.45) is 5.41 Å². The Labute approximate surface area is 215 Å². The van der Waals surface area contributed by atoms with Gasteiger partial charge in [0.2, 0.25) is 0 Å². The van der Waals surface area contributed by atoms with E-state index in [1.54, 1.807) is 0 Å². The Morgan fingerprint density at radius 1 is 0.838 bits per heavy atom. The van der Waals surface area contributed by atoms with Crippen LogP contribution in [0.25, 0.3) is 11.1 Å². The topological polar surface area (TPSA) is 104 Å². The number of carboxylic acids is 1. The number of carboxylic acid groups (broad SMARTS) is 1. The number of aliphatic hydroxyl groups excluding tert-OH is 1. The van der Waals surface area contributed by atoms with E-state index in [0.29, 0.717) is 45.4 Å². The summed E-state index contributed by atoms with van der Waals surface area (Å²) in [6, 6.07) is 23.6. The molecule has 2 N–H and O–H groups in total. The lowest BCUT2D eigenvalue weighted by atomic mass is 9.88. The molecule has 3 aromatic rings. The molecule has 5 rings (SSSR count). The van der Waals surface area contributed by atoms with Crippen molar-refractivity contribution >= 4 is 5.97 Å². The van der Waals surface area contributed by atoms with Gasteiger partial charge in [0.05, 0.1) is 38.4 Å². The average Bonchev–Trinajstić information content (AvgIpc) is 2.87. The molecular weight excluding hydrogens is 476 g/mol. The summed E-state index contributed by atoms with van der Waals surface area (Å²) in [7, 11) is 0. The van der Waals surface area contributed by atoms with Gasteiger partial charge in [0, 0.05) is 0 Å². The van der Waals surface area contributed by atoms with Crippen LogP contribution in [-0.4, -0.2) is 62.4 Å². The van der Waals surface area contributed by atoms with E-state index in [2.05, 4.69) is 12.1 Å². The van der Waals surface area contributed by atoms with Crippen molar-refractivity contribution in [1.82, 2.24) is 0 Å². The summed E-state index contributed by atoms with van der Waals surface area (Å²) in [5.41, 5.74) is 3.05. The van der Waals surface area contributed by atoms with E-state index in [4.69, 9.17) is 28.8 Å². The molecule has 2 saturated heterocycles. The Bertz CT molecular complexity index is 1190. The van der Waals surface area contributed by atoms with E-state index in [9.17, 15) is 9.90 Å². The lowest BCUT2D eigenvalue weighted by Crippen LogP contribution is -2.49. The zero-order valence-electron chi connectivity index (χ0n) is 20.4. The fourth-order valence-electron chi connectivity index (χ4n) is 4.27. The molecule has 3 aromatic carbocycles. The van der Waals surface area contributed by atoms with Gasteiger partial charge in [-0.05, 0) is 52.6 Å². The summed E-state index contributed by atoms with van der Waals surface area (Å²) in [6.07, 6.45) is 0. The average molecular weight is 507 g/mol. The van der Waals surface area contributed by atoms with Crippen LogP contribution in [-0.2, 0) is 31.2 Å². The van der Waals surface area contributed by atoms with Crippen molar-refractivity contribution in [3.8, 4) is 22.6 Å². The lowest BCUT2D eigenvalue weighted by molar-refractivity contribution is -0.220. The standard InChI is InChI=1S/C29H30O8/c30-15-28(16-33-17-28)18-36-26-8-4-22(5-9-26)23-3-1-2-21(12-23)13-35-25-10-6-24(7-11-25)29(19-34-20-29)37-14-27(31)32/h1-12,30H,13-20H2,(H,31,32). The van der Waals surface area contributed by atoms with Crippen molar-refractivity contribution in [3.63, 3.8) is 0 Å². The normalized spacial score (nSPS) is 17.3. The number of aliphatic carboxylic acids is 1. The highest BCUT2D eigenvalue weighted by molar-refractivity contribution is 5.68. The third-order valence-corrected chi connectivity index (χ3v) is 6.74. The molecule has 0 saturated carbocycles. The second-order valence-corrected chi connectivity index (χ2v) is 9.65. The van der Waals surface area contributed by atoms with Gasteiger partial charge in [0.1, 0.15) is 36.9 Å². The van der Waals surface area contributed by atoms with Crippen LogP contribution in [0.4, 0.5) is 0 Å². The first-order valence-corrected chi connectivity index (χ1v) is 12.2. The van der Waals surface area contributed by atoms with Crippen molar-refractivity contribution in [2.75, 3.05) is 46.2 Å². The molecule has 2 aliphatic rings. The Kier molecular flexibility index (Phi) is 7.43. The maximum atomic E-state index is 10.9. The van der Waals surface area contributed by atoms with Crippen LogP contribution in [0, 0.1) is 5.41 Å². The number of benzene rings is 3. The molecule has 0 spiro atoms. The Balaban J connectivity index is 1.17. The molecule has 0 aromatic heterocycles. The van der Waals surface area contributed by atoms with E-state index >= 15 is 0 Å². The summed E-state index contributed by atoms with van der Waals surface area (Å²) >= 11 is 0. The third kappa shape index (κ3) is 5.78. The van der Waals surface area contributed by atoms with Crippen molar-refractivity contribution in [2.45, 2.75) is 12.2 Å². The summed E-state index contributed by atoms with van der Waals surface area (Å²) in [5, 5.41) is 18.5. The molecule has 0 unspecified atom stereocenters. The minimum Gasteiger partial charge on any atom is -0.493 e. The van der Waals surface area contributed by atoms with Gasteiger partial charge in [-0.25, -0.2) is 4.79 Å². The van der Waals surface area contributed by atoms with Gasteiger partial charge >= 0.3 is 5.97 Å². The number of aliphatic hydroxyl groups is 1. The van der Waals surface area contributed by atoms with Crippen LogP contribution in [0.5, 0.6) is 11.5 Å². The zero-order chi connectivity index (χ0) is 25.7. The fraction of sp³-hybridized carbons (Fsp3) is 0.345. The van der Waals surface area contributed by atoms with Gasteiger partial charge in [-0.1, -0.05) is 42.5 Å². The summed E-state index contributed by atoms with van der Waals surface area (Å²) < 4.78 is 28.0. The number of rotatable bonds is 12. The second kappa shape index (κ2) is 10.9. The molecule has 8 heteroatoms. The summed E-state index contributed by atoms with van der Waals surface area (Å²) in [4.78, 5) is 10.9. The highest BCUT2D eigenvalue weighted by atomic mass is 16.6. The third-order valence-electron chi connectivity index (χ3n) is 6.74. The number of carbonyl (C=O) groups is 1. The maximum absolute atomic E-state index is 10.9. The Morgan fingerprint density at radius 2 is 1.51 bits per heavy atom. The molecular formula is C29H30O8. The van der Waals surface area contributed by atoms with E-state index in [1.165, 1.54) is 0 Å². The van der Waals surface area contributed by atoms with Gasteiger partial charge in [-0.15, -0.1) is 0 Å². The van der Waals surface area contributed by atoms with Crippen LogP contribution < -0.4 is 9.47 Å². The molecule has 0 amide bonds. The molecule has 0 radical (unpaired) electrons. The first kappa shape index (κ1) is 25.2. The molecule has 2 heterocycles. The minimum absolute atomic E-state index is 0.0566. The monoisotopic (exact) mass is 506 g/mol. The van der Waals surface area contributed by atoms with Crippen LogP contribution in [0.15, 0.2) is 72.8 Å².